The Labute approximate surface area is 99.6 Å². The van der Waals surface area contributed by atoms with E-state index < -0.39 is 5.41 Å². The van der Waals surface area contributed by atoms with Crippen LogP contribution in [0.1, 0.15) is 31.7 Å². The summed E-state index contributed by atoms with van der Waals surface area (Å²) in [5, 5.41) is 4.97. The molecule has 0 unspecified atom stereocenters. The van der Waals surface area contributed by atoms with Crippen molar-refractivity contribution in [2.24, 2.45) is 5.41 Å². The van der Waals surface area contributed by atoms with Gasteiger partial charge in [0.25, 0.3) is 0 Å². The summed E-state index contributed by atoms with van der Waals surface area (Å²) in [6.45, 7) is 5.67. The van der Waals surface area contributed by atoms with Crippen LogP contribution >= 0.6 is 22.9 Å². The third-order valence-electron chi connectivity index (χ3n) is 2.27. The van der Waals surface area contributed by atoms with Crippen molar-refractivity contribution < 1.29 is 4.79 Å². The van der Waals surface area contributed by atoms with E-state index in [9.17, 15) is 4.79 Å². The Bertz CT molecular complexity index is 321. The Balaban J connectivity index is 2.60. The average Bonchev–Trinajstić information content (AvgIpc) is 2.70. The summed E-state index contributed by atoms with van der Waals surface area (Å²) in [5.41, 5.74) is -0.507. The quantitative estimate of drug-likeness (QED) is 0.811. The van der Waals surface area contributed by atoms with Crippen molar-refractivity contribution in [1.82, 2.24) is 5.32 Å². The molecular formula is C11H16ClNOS. The number of thiophene rings is 1. The predicted octanol–water partition coefficient (Wildman–Crippen LogP) is 3.19. The van der Waals surface area contributed by atoms with Gasteiger partial charge in [-0.1, -0.05) is 6.07 Å². The number of hydrogen-bond acceptors (Lipinski definition) is 2. The Hall–Kier alpha value is -0.540. The minimum absolute atomic E-state index is 0.00148. The minimum atomic E-state index is -0.507. The summed E-state index contributed by atoms with van der Waals surface area (Å²) in [6, 6.07) is 4.05. The highest BCUT2D eigenvalue weighted by atomic mass is 35.5. The molecule has 2 nitrogen and oxygen atoms in total. The molecule has 1 aromatic rings. The van der Waals surface area contributed by atoms with Crippen LogP contribution in [0.4, 0.5) is 0 Å². The summed E-state index contributed by atoms with van der Waals surface area (Å²) < 4.78 is 0. The molecule has 1 rings (SSSR count). The summed E-state index contributed by atoms with van der Waals surface area (Å²) >= 11 is 7.38. The highest BCUT2D eigenvalue weighted by Gasteiger charge is 2.27. The van der Waals surface area contributed by atoms with Gasteiger partial charge in [0.1, 0.15) is 0 Å². The van der Waals surface area contributed by atoms with E-state index in [-0.39, 0.29) is 11.9 Å². The molecule has 84 valence electrons. The largest absolute Gasteiger partial charge is 0.348 e. The summed E-state index contributed by atoms with van der Waals surface area (Å²) in [7, 11) is 0. The van der Waals surface area contributed by atoms with Crippen LogP contribution in [-0.4, -0.2) is 11.8 Å². The molecule has 1 atom stereocenters. The van der Waals surface area contributed by atoms with Crippen molar-refractivity contribution in [3.05, 3.63) is 22.4 Å². The van der Waals surface area contributed by atoms with E-state index in [0.717, 1.165) is 4.88 Å². The molecule has 1 N–H and O–H groups in total. The van der Waals surface area contributed by atoms with Crippen molar-refractivity contribution in [1.29, 1.82) is 0 Å². The SMILES string of the molecule is C[C@H](NC(=O)C(C)(C)CCl)c1cccs1. The number of nitrogens with one attached hydrogen (secondary N) is 1. The number of carbonyl (C=O) groups is 1. The smallest absolute Gasteiger partial charge is 0.227 e. The average molecular weight is 246 g/mol. The number of hydrogen-bond donors (Lipinski definition) is 1. The highest BCUT2D eigenvalue weighted by molar-refractivity contribution is 7.10. The van der Waals surface area contributed by atoms with Gasteiger partial charge >= 0.3 is 0 Å². The topological polar surface area (TPSA) is 29.1 Å². The summed E-state index contributed by atoms with van der Waals surface area (Å²) in [6.07, 6.45) is 0. The zero-order valence-corrected chi connectivity index (χ0v) is 10.8. The van der Waals surface area contributed by atoms with Crippen molar-refractivity contribution in [3.63, 3.8) is 0 Å². The van der Waals surface area contributed by atoms with Crippen LogP contribution in [0.2, 0.25) is 0 Å². The molecular weight excluding hydrogens is 230 g/mol. The maximum atomic E-state index is 11.8. The summed E-state index contributed by atoms with van der Waals surface area (Å²) in [5.74, 6) is 0.328. The van der Waals surface area contributed by atoms with Gasteiger partial charge in [-0.05, 0) is 32.2 Å². The molecule has 1 amide bonds. The Morgan fingerprint density at radius 1 is 1.67 bits per heavy atom. The lowest BCUT2D eigenvalue weighted by atomic mass is 9.95. The maximum absolute atomic E-state index is 11.8. The van der Waals surface area contributed by atoms with Crippen molar-refractivity contribution in [2.75, 3.05) is 5.88 Å². The second-order valence-corrected chi connectivity index (χ2v) is 5.47. The Morgan fingerprint density at radius 2 is 2.33 bits per heavy atom. The number of alkyl halides is 1. The molecule has 0 aliphatic rings. The lowest BCUT2D eigenvalue weighted by molar-refractivity contribution is -0.128. The zero-order chi connectivity index (χ0) is 11.5. The van der Waals surface area contributed by atoms with Crippen LogP contribution in [0.5, 0.6) is 0 Å². The fraction of sp³-hybridized carbons (Fsp3) is 0.545. The Morgan fingerprint density at radius 3 is 2.80 bits per heavy atom. The third-order valence-corrected chi connectivity index (χ3v) is 3.99. The van der Waals surface area contributed by atoms with Crippen LogP contribution in [0.3, 0.4) is 0 Å². The zero-order valence-electron chi connectivity index (χ0n) is 9.21. The first-order valence-corrected chi connectivity index (χ1v) is 6.29. The molecule has 0 saturated heterocycles. The maximum Gasteiger partial charge on any atom is 0.227 e. The summed E-state index contributed by atoms with van der Waals surface area (Å²) in [4.78, 5) is 13.0. The molecule has 1 aromatic heterocycles. The first-order chi connectivity index (χ1) is 6.97. The molecule has 0 aliphatic heterocycles. The fourth-order valence-electron chi connectivity index (χ4n) is 1.06. The van der Waals surface area contributed by atoms with Crippen molar-refractivity contribution >= 4 is 28.8 Å². The number of halogens is 1. The van der Waals surface area contributed by atoms with Crippen molar-refractivity contribution in [3.8, 4) is 0 Å². The van der Waals surface area contributed by atoms with Gasteiger partial charge in [-0.3, -0.25) is 4.79 Å². The molecule has 15 heavy (non-hydrogen) atoms. The molecule has 0 aliphatic carbocycles. The minimum Gasteiger partial charge on any atom is -0.348 e. The van der Waals surface area contributed by atoms with E-state index in [2.05, 4.69) is 5.32 Å². The number of rotatable bonds is 4. The Kier molecular flexibility index (Phi) is 4.17. The second kappa shape index (κ2) is 4.99. The van der Waals surface area contributed by atoms with E-state index >= 15 is 0 Å². The molecule has 0 spiro atoms. The third kappa shape index (κ3) is 3.21. The van der Waals surface area contributed by atoms with E-state index in [1.807, 2.05) is 38.3 Å². The molecule has 4 heteroatoms. The van der Waals surface area contributed by atoms with Crippen LogP contribution in [0.25, 0.3) is 0 Å². The standard InChI is InChI=1S/C11H16ClNOS/c1-8(9-5-4-6-15-9)13-10(14)11(2,3)7-12/h4-6,8H,7H2,1-3H3,(H,13,14)/t8-/m0/s1. The van der Waals surface area contributed by atoms with E-state index in [1.54, 1.807) is 11.3 Å². The van der Waals surface area contributed by atoms with Gasteiger partial charge in [0.15, 0.2) is 0 Å². The molecule has 0 bridgehead atoms. The van der Waals surface area contributed by atoms with Crippen LogP contribution in [0.15, 0.2) is 17.5 Å². The van der Waals surface area contributed by atoms with E-state index in [4.69, 9.17) is 11.6 Å². The number of carbonyl (C=O) groups excluding carboxylic acids is 1. The van der Waals surface area contributed by atoms with Crippen LogP contribution in [-0.2, 0) is 4.79 Å². The van der Waals surface area contributed by atoms with Crippen LogP contribution in [0, 0.1) is 5.41 Å². The second-order valence-electron chi connectivity index (χ2n) is 4.23. The van der Waals surface area contributed by atoms with Crippen LogP contribution < -0.4 is 5.32 Å². The molecule has 0 radical (unpaired) electrons. The first kappa shape index (κ1) is 12.5. The van der Waals surface area contributed by atoms with Gasteiger partial charge in [-0.15, -0.1) is 22.9 Å². The normalized spacial score (nSPS) is 13.6. The van der Waals surface area contributed by atoms with E-state index in [1.165, 1.54) is 0 Å². The molecule has 1 heterocycles. The van der Waals surface area contributed by atoms with Gasteiger partial charge in [0, 0.05) is 10.8 Å². The van der Waals surface area contributed by atoms with Gasteiger partial charge in [0.2, 0.25) is 5.91 Å². The predicted molar refractivity (Wildman–Crippen MR) is 65.4 cm³/mol. The highest BCUT2D eigenvalue weighted by Crippen LogP contribution is 2.22. The van der Waals surface area contributed by atoms with Gasteiger partial charge in [0.05, 0.1) is 11.5 Å². The first-order valence-electron chi connectivity index (χ1n) is 4.87. The van der Waals surface area contributed by atoms with Gasteiger partial charge in [-0.2, -0.15) is 0 Å². The van der Waals surface area contributed by atoms with E-state index in [0.29, 0.717) is 5.88 Å². The molecule has 0 saturated carbocycles. The lowest BCUT2D eigenvalue weighted by Crippen LogP contribution is -2.39. The fourth-order valence-corrected chi connectivity index (χ4v) is 1.92. The number of amides is 1. The monoisotopic (exact) mass is 245 g/mol. The lowest BCUT2D eigenvalue weighted by Gasteiger charge is -2.23. The van der Waals surface area contributed by atoms with Crippen molar-refractivity contribution in [2.45, 2.75) is 26.8 Å². The van der Waals surface area contributed by atoms with Gasteiger partial charge in [-0.25, -0.2) is 0 Å². The molecule has 0 fully saturated rings. The molecule has 0 aromatic carbocycles. The van der Waals surface area contributed by atoms with Gasteiger partial charge < -0.3 is 5.32 Å².